The smallest absolute Gasteiger partial charge is 0.223 e. The predicted octanol–water partition coefficient (Wildman–Crippen LogP) is 2.18. The zero-order valence-electron chi connectivity index (χ0n) is 11.5. The second kappa shape index (κ2) is 5.26. The quantitative estimate of drug-likeness (QED) is 0.849. The zero-order chi connectivity index (χ0) is 14.0. The van der Waals surface area contributed by atoms with Crippen molar-refractivity contribution >= 4 is 5.95 Å². The molecular weight excluding hydrogens is 247 g/mol. The highest BCUT2D eigenvalue weighted by Gasteiger charge is 2.16. The van der Waals surface area contributed by atoms with Gasteiger partial charge < -0.3 is 9.64 Å². The average molecular weight is 264 g/mol. The molecular formula is C13H17FN4O. The standard InChI is InChI=1S/C13H17FN4O/c1-5-18-13(17(2)3)15-12(16-18)10-8-9(19-4)6-7-11(10)14/h6-8H,5H2,1-4H3. The van der Waals surface area contributed by atoms with E-state index in [0.717, 1.165) is 0 Å². The summed E-state index contributed by atoms with van der Waals surface area (Å²) in [4.78, 5) is 6.21. The Morgan fingerprint density at radius 3 is 2.63 bits per heavy atom. The number of benzene rings is 1. The van der Waals surface area contributed by atoms with E-state index in [4.69, 9.17) is 4.74 Å². The van der Waals surface area contributed by atoms with E-state index in [2.05, 4.69) is 10.1 Å². The van der Waals surface area contributed by atoms with Gasteiger partial charge in [0, 0.05) is 20.6 Å². The summed E-state index contributed by atoms with van der Waals surface area (Å²) in [5, 5.41) is 4.32. The minimum Gasteiger partial charge on any atom is -0.497 e. The second-order valence-corrected chi connectivity index (χ2v) is 4.29. The topological polar surface area (TPSA) is 43.2 Å². The Morgan fingerprint density at radius 2 is 2.11 bits per heavy atom. The molecule has 0 spiro atoms. The first-order chi connectivity index (χ1) is 9.06. The lowest BCUT2D eigenvalue weighted by Gasteiger charge is -2.10. The molecule has 0 saturated heterocycles. The van der Waals surface area contributed by atoms with E-state index in [0.29, 0.717) is 29.6 Å². The molecule has 2 aromatic rings. The van der Waals surface area contributed by atoms with Gasteiger partial charge in [0.2, 0.25) is 5.95 Å². The molecule has 1 aromatic heterocycles. The van der Waals surface area contributed by atoms with Crippen LogP contribution in [0.2, 0.25) is 0 Å². The van der Waals surface area contributed by atoms with Gasteiger partial charge in [-0.15, -0.1) is 5.10 Å². The van der Waals surface area contributed by atoms with Crippen molar-refractivity contribution in [3.8, 4) is 17.1 Å². The van der Waals surface area contributed by atoms with E-state index >= 15 is 0 Å². The molecule has 0 fully saturated rings. The molecule has 1 aromatic carbocycles. The molecule has 0 aliphatic heterocycles. The SMILES string of the molecule is CCn1nc(-c2cc(OC)ccc2F)nc1N(C)C. The Balaban J connectivity index is 2.52. The summed E-state index contributed by atoms with van der Waals surface area (Å²) >= 11 is 0. The summed E-state index contributed by atoms with van der Waals surface area (Å²) in [6, 6.07) is 4.53. The van der Waals surface area contributed by atoms with Crippen LogP contribution in [0.15, 0.2) is 18.2 Å². The molecule has 0 amide bonds. The average Bonchev–Trinajstić information content (AvgIpc) is 2.83. The van der Waals surface area contributed by atoms with Gasteiger partial charge >= 0.3 is 0 Å². The van der Waals surface area contributed by atoms with Crippen LogP contribution in [0.3, 0.4) is 0 Å². The first kappa shape index (κ1) is 13.3. The summed E-state index contributed by atoms with van der Waals surface area (Å²) in [6.45, 7) is 2.64. The van der Waals surface area contributed by atoms with Gasteiger partial charge in [0.1, 0.15) is 11.6 Å². The summed E-state index contributed by atoms with van der Waals surface area (Å²) in [5.41, 5.74) is 0.342. The number of nitrogens with zero attached hydrogens (tertiary/aromatic N) is 4. The van der Waals surface area contributed by atoms with E-state index in [-0.39, 0.29) is 5.82 Å². The Bertz CT molecular complexity index is 580. The van der Waals surface area contributed by atoms with Crippen molar-refractivity contribution in [2.24, 2.45) is 0 Å². The number of hydrogen-bond donors (Lipinski definition) is 0. The van der Waals surface area contributed by atoms with E-state index in [1.807, 2.05) is 25.9 Å². The van der Waals surface area contributed by atoms with Gasteiger partial charge in [-0.3, -0.25) is 0 Å². The van der Waals surface area contributed by atoms with Gasteiger partial charge in [0.05, 0.1) is 12.7 Å². The maximum Gasteiger partial charge on any atom is 0.223 e. The minimum absolute atomic E-state index is 0.342. The normalized spacial score (nSPS) is 10.6. The van der Waals surface area contributed by atoms with Gasteiger partial charge in [-0.1, -0.05) is 0 Å². The first-order valence-corrected chi connectivity index (χ1v) is 6.03. The van der Waals surface area contributed by atoms with Crippen LogP contribution >= 0.6 is 0 Å². The number of methoxy groups -OCH3 is 1. The van der Waals surface area contributed by atoms with Crippen molar-refractivity contribution in [3.05, 3.63) is 24.0 Å². The van der Waals surface area contributed by atoms with E-state index < -0.39 is 0 Å². The van der Waals surface area contributed by atoms with Crippen LogP contribution in [-0.2, 0) is 6.54 Å². The molecule has 0 saturated carbocycles. The molecule has 0 N–H and O–H groups in total. The fraction of sp³-hybridized carbons (Fsp3) is 0.385. The van der Waals surface area contributed by atoms with Gasteiger partial charge in [-0.2, -0.15) is 4.98 Å². The van der Waals surface area contributed by atoms with Crippen LogP contribution in [0.25, 0.3) is 11.4 Å². The molecule has 0 atom stereocenters. The summed E-state index contributed by atoms with van der Waals surface area (Å²) in [5.74, 6) is 1.27. The van der Waals surface area contributed by atoms with Crippen molar-refractivity contribution in [2.75, 3.05) is 26.1 Å². The Kier molecular flexibility index (Phi) is 3.69. The van der Waals surface area contributed by atoms with E-state index in [9.17, 15) is 4.39 Å². The van der Waals surface area contributed by atoms with Crippen molar-refractivity contribution in [1.29, 1.82) is 0 Å². The molecule has 0 unspecified atom stereocenters. The second-order valence-electron chi connectivity index (χ2n) is 4.29. The molecule has 0 bridgehead atoms. The predicted molar refractivity (Wildman–Crippen MR) is 72.0 cm³/mol. The van der Waals surface area contributed by atoms with Crippen LogP contribution < -0.4 is 9.64 Å². The van der Waals surface area contributed by atoms with Gasteiger partial charge in [0.15, 0.2) is 5.82 Å². The lowest BCUT2D eigenvalue weighted by molar-refractivity contribution is 0.414. The molecule has 0 aliphatic carbocycles. The fourth-order valence-electron chi connectivity index (χ4n) is 1.79. The van der Waals surface area contributed by atoms with Crippen molar-refractivity contribution < 1.29 is 9.13 Å². The maximum atomic E-state index is 13.9. The van der Waals surface area contributed by atoms with Crippen LogP contribution in [0.5, 0.6) is 5.75 Å². The third-order valence-electron chi connectivity index (χ3n) is 2.77. The van der Waals surface area contributed by atoms with E-state index in [1.54, 1.807) is 23.9 Å². The molecule has 0 aliphatic rings. The Labute approximate surface area is 111 Å². The highest BCUT2D eigenvalue weighted by Crippen LogP contribution is 2.26. The fourth-order valence-corrected chi connectivity index (χ4v) is 1.79. The van der Waals surface area contributed by atoms with Gasteiger partial charge in [-0.25, -0.2) is 9.07 Å². The number of anilines is 1. The van der Waals surface area contributed by atoms with Gasteiger partial charge in [-0.05, 0) is 25.1 Å². The molecule has 2 rings (SSSR count). The van der Waals surface area contributed by atoms with Crippen LogP contribution in [0.4, 0.5) is 10.3 Å². The largest absolute Gasteiger partial charge is 0.497 e. The molecule has 0 radical (unpaired) electrons. The van der Waals surface area contributed by atoms with E-state index in [1.165, 1.54) is 6.07 Å². The lowest BCUT2D eigenvalue weighted by atomic mass is 10.2. The van der Waals surface area contributed by atoms with Gasteiger partial charge in [0.25, 0.3) is 0 Å². The number of aromatic nitrogens is 3. The zero-order valence-corrected chi connectivity index (χ0v) is 11.5. The van der Waals surface area contributed by atoms with Crippen LogP contribution in [0.1, 0.15) is 6.92 Å². The number of hydrogen-bond acceptors (Lipinski definition) is 4. The number of rotatable bonds is 4. The third kappa shape index (κ3) is 2.52. The third-order valence-corrected chi connectivity index (χ3v) is 2.77. The summed E-state index contributed by atoms with van der Waals surface area (Å²) in [6.07, 6.45) is 0. The van der Waals surface area contributed by atoms with Crippen molar-refractivity contribution in [2.45, 2.75) is 13.5 Å². The minimum atomic E-state index is -0.362. The van der Waals surface area contributed by atoms with Crippen LogP contribution in [0, 0.1) is 5.82 Å². The summed E-state index contributed by atoms with van der Waals surface area (Å²) in [7, 11) is 5.30. The van der Waals surface area contributed by atoms with Crippen molar-refractivity contribution in [1.82, 2.24) is 14.8 Å². The van der Waals surface area contributed by atoms with Crippen molar-refractivity contribution in [3.63, 3.8) is 0 Å². The Morgan fingerprint density at radius 1 is 1.37 bits per heavy atom. The lowest BCUT2D eigenvalue weighted by Crippen LogP contribution is -2.15. The molecule has 5 nitrogen and oxygen atoms in total. The monoisotopic (exact) mass is 264 g/mol. The molecule has 19 heavy (non-hydrogen) atoms. The molecule has 102 valence electrons. The summed E-state index contributed by atoms with van der Waals surface area (Å²) < 4.78 is 20.7. The van der Waals surface area contributed by atoms with Crippen LogP contribution in [-0.4, -0.2) is 36.0 Å². The number of ether oxygens (including phenoxy) is 1. The first-order valence-electron chi connectivity index (χ1n) is 6.03. The highest BCUT2D eigenvalue weighted by molar-refractivity contribution is 5.59. The molecule has 1 heterocycles. The molecule has 6 heteroatoms. The highest BCUT2D eigenvalue weighted by atomic mass is 19.1. The maximum absolute atomic E-state index is 13.9. The number of halogens is 1. The Hall–Kier alpha value is -2.11. The number of aryl methyl sites for hydroxylation is 1.